The lowest BCUT2D eigenvalue weighted by Crippen LogP contribution is -2.58. The third-order valence-electron chi connectivity index (χ3n) is 4.33. The number of ether oxygens (including phenoxy) is 1. The van der Waals surface area contributed by atoms with E-state index >= 15 is 0 Å². The zero-order valence-corrected chi connectivity index (χ0v) is 11.0. The van der Waals surface area contributed by atoms with Crippen molar-refractivity contribution in [2.75, 3.05) is 40.3 Å². The van der Waals surface area contributed by atoms with Crippen LogP contribution in [0.4, 0.5) is 0 Å². The van der Waals surface area contributed by atoms with Gasteiger partial charge < -0.3 is 9.64 Å². The van der Waals surface area contributed by atoms with Crippen molar-refractivity contribution in [3.05, 3.63) is 0 Å². The zero-order chi connectivity index (χ0) is 12.3. The Balaban J connectivity index is 2.06. The SMILES string of the molecule is COC1CCCC(C#N)(N2CCN(C)CC2)C1. The van der Waals surface area contributed by atoms with Crippen molar-refractivity contribution in [2.45, 2.75) is 37.3 Å². The number of piperazine rings is 1. The normalized spacial score (nSPS) is 36.6. The highest BCUT2D eigenvalue weighted by Crippen LogP contribution is 2.35. The van der Waals surface area contributed by atoms with Crippen molar-refractivity contribution in [3.8, 4) is 6.07 Å². The molecule has 2 fully saturated rings. The predicted molar refractivity (Wildman–Crippen MR) is 66.7 cm³/mol. The molecule has 0 spiro atoms. The van der Waals surface area contributed by atoms with Crippen LogP contribution in [0.15, 0.2) is 0 Å². The maximum Gasteiger partial charge on any atom is 0.111 e. The third kappa shape index (κ3) is 2.62. The van der Waals surface area contributed by atoms with Crippen LogP contribution in [-0.4, -0.2) is 61.8 Å². The van der Waals surface area contributed by atoms with Crippen molar-refractivity contribution in [1.82, 2.24) is 9.80 Å². The van der Waals surface area contributed by atoms with Crippen LogP contribution in [0.1, 0.15) is 25.7 Å². The molecule has 0 aromatic carbocycles. The van der Waals surface area contributed by atoms with Crippen LogP contribution in [0.3, 0.4) is 0 Å². The van der Waals surface area contributed by atoms with E-state index in [1.54, 1.807) is 7.11 Å². The number of hydrogen-bond acceptors (Lipinski definition) is 4. The van der Waals surface area contributed by atoms with E-state index < -0.39 is 0 Å². The van der Waals surface area contributed by atoms with Crippen molar-refractivity contribution in [1.29, 1.82) is 5.26 Å². The van der Waals surface area contributed by atoms with Crippen LogP contribution in [0, 0.1) is 11.3 Å². The van der Waals surface area contributed by atoms with Gasteiger partial charge in [0.15, 0.2) is 0 Å². The molecule has 0 aromatic heterocycles. The minimum absolute atomic E-state index is 0.264. The third-order valence-corrected chi connectivity index (χ3v) is 4.33. The molecule has 0 aromatic rings. The second kappa shape index (κ2) is 5.34. The Morgan fingerprint density at radius 1 is 1.29 bits per heavy atom. The molecule has 4 heteroatoms. The topological polar surface area (TPSA) is 39.5 Å². The summed E-state index contributed by atoms with van der Waals surface area (Å²) < 4.78 is 5.47. The first-order valence-corrected chi connectivity index (χ1v) is 6.58. The molecule has 1 aliphatic carbocycles. The molecule has 1 saturated heterocycles. The molecule has 2 rings (SSSR count). The summed E-state index contributed by atoms with van der Waals surface area (Å²) in [6, 6.07) is 2.59. The van der Waals surface area contributed by atoms with Crippen molar-refractivity contribution >= 4 is 0 Å². The van der Waals surface area contributed by atoms with E-state index in [0.29, 0.717) is 0 Å². The van der Waals surface area contributed by atoms with E-state index in [1.807, 2.05) is 0 Å². The fourth-order valence-corrected chi connectivity index (χ4v) is 3.10. The fraction of sp³-hybridized carbons (Fsp3) is 0.923. The molecular weight excluding hydrogens is 214 g/mol. The molecule has 2 atom stereocenters. The number of likely N-dealkylation sites (N-methyl/N-ethyl adjacent to an activating group) is 1. The molecule has 17 heavy (non-hydrogen) atoms. The molecular formula is C13H23N3O. The standard InChI is InChI=1S/C13H23N3O/c1-15-6-8-16(9-7-15)13(11-14)5-3-4-12(10-13)17-2/h12H,3-10H2,1-2H3. The lowest BCUT2D eigenvalue weighted by Gasteiger charge is -2.46. The van der Waals surface area contributed by atoms with Crippen LogP contribution in [0.25, 0.3) is 0 Å². The van der Waals surface area contributed by atoms with E-state index in [4.69, 9.17) is 4.74 Å². The molecule has 0 N–H and O–H groups in total. The van der Waals surface area contributed by atoms with E-state index in [9.17, 15) is 5.26 Å². The quantitative estimate of drug-likeness (QED) is 0.720. The van der Waals surface area contributed by atoms with E-state index in [0.717, 1.165) is 51.9 Å². The van der Waals surface area contributed by atoms with Crippen LogP contribution in [0.2, 0.25) is 0 Å². The molecule has 2 unspecified atom stereocenters. The summed E-state index contributed by atoms with van der Waals surface area (Å²) >= 11 is 0. The van der Waals surface area contributed by atoms with Gasteiger partial charge in [0.1, 0.15) is 5.54 Å². The first-order chi connectivity index (χ1) is 8.20. The largest absolute Gasteiger partial charge is 0.381 e. The van der Waals surface area contributed by atoms with Gasteiger partial charge in [0.2, 0.25) is 0 Å². The summed E-state index contributed by atoms with van der Waals surface area (Å²) in [5.74, 6) is 0. The number of methoxy groups -OCH3 is 1. The molecule has 0 bridgehead atoms. The second-order valence-electron chi connectivity index (χ2n) is 5.39. The number of hydrogen-bond donors (Lipinski definition) is 0. The minimum atomic E-state index is -0.264. The minimum Gasteiger partial charge on any atom is -0.381 e. The first kappa shape index (κ1) is 12.8. The highest BCUT2D eigenvalue weighted by molar-refractivity contribution is 5.12. The summed E-state index contributed by atoms with van der Waals surface area (Å²) in [6.07, 6.45) is 4.37. The average Bonchev–Trinajstić information content (AvgIpc) is 2.39. The van der Waals surface area contributed by atoms with Crippen molar-refractivity contribution < 1.29 is 4.74 Å². The Morgan fingerprint density at radius 2 is 2.00 bits per heavy atom. The van der Waals surface area contributed by atoms with Gasteiger partial charge in [-0.05, 0) is 26.3 Å². The van der Waals surface area contributed by atoms with Crippen LogP contribution >= 0.6 is 0 Å². The Kier molecular flexibility index (Phi) is 4.03. The second-order valence-corrected chi connectivity index (χ2v) is 5.39. The van der Waals surface area contributed by atoms with Gasteiger partial charge in [0.25, 0.3) is 0 Å². The Bertz CT molecular complexity index is 294. The Morgan fingerprint density at radius 3 is 2.59 bits per heavy atom. The maximum absolute atomic E-state index is 9.61. The van der Waals surface area contributed by atoms with E-state index in [1.165, 1.54) is 0 Å². The summed E-state index contributed by atoms with van der Waals surface area (Å²) in [6.45, 7) is 4.17. The average molecular weight is 237 g/mol. The summed E-state index contributed by atoms with van der Waals surface area (Å²) in [4.78, 5) is 4.72. The zero-order valence-electron chi connectivity index (χ0n) is 11.0. The molecule has 1 heterocycles. The van der Waals surface area contributed by atoms with Crippen molar-refractivity contribution in [2.24, 2.45) is 0 Å². The van der Waals surface area contributed by atoms with Crippen LogP contribution < -0.4 is 0 Å². The highest BCUT2D eigenvalue weighted by atomic mass is 16.5. The predicted octanol–water partition coefficient (Wildman–Crippen LogP) is 1.09. The summed E-state index contributed by atoms with van der Waals surface area (Å²) in [5.41, 5.74) is -0.264. The number of nitriles is 1. The molecule has 96 valence electrons. The van der Waals surface area contributed by atoms with E-state index in [-0.39, 0.29) is 11.6 Å². The fourth-order valence-electron chi connectivity index (χ4n) is 3.10. The highest BCUT2D eigenvalue weighted by Gasteiger charge is 2.42. The summed E-state index contributed by atoms with van der Waals surface area (Å²) in [7, 11) is 3.91. The molecule has 4 nitrogen and oxygen atoms in total. The number of nitrogens with zero attached hydrogens (tertiary/aromatic N) is 3. The molecule has 0 amide bonds. The van der Waals surface area contributed by atoms with Crippen molar-refractivity contribution in [3.63, 3.8) is 0 Å². The molecule has 2 aliphatic rings. The number of rotatable bonds is 2. The van der Waals surface area contributed by atoms with Gasteiger partial charge in [-0.25, -0.2) is 0 Å². The van der Waals surface area contributed by atoms with Gasteiger partial charge in [0.05, 0.1) is 12.2 Å². The maximum atomic E-state index is 9.61. The van der Waals surface area contributed by atoms with Gasteiger partial charge in [-0.3, -0.25) is 4.90 Å². The van der Waals surface area contributed by atoms with Crippen LogP contribution in [-0.2, 0) is 4.74 Å². The molecule has 1 aliphatic heterocycles. The van der Waals surface area contributed by atoms with Gasteiger partial charge in [0, 0.05) is 39.7 Å². The monoisotopic (exact) mass is 237 g/mol. The summed E-state index contributed by atoms with van der Waals surface area (Å²) in [5, 5.41) is 9.61. The van der Waals surface area contributed by atoms with Gasteiger partial charge in [-0.15, -0.1) is 0 Å². The van der Waals surface area contributed by atoms with E-state index in [2.05, 4.69) is 22.9 Å². The van der Waals surface area contributed by atoms with Gasteiger partial charge >= 0.3 is 0 Å². The van der Waals surface area contributed by atoms with Gasteiger partial charge in [-0.2, -0.15) is 5.26 Å². The Hall–Kier alpha value is -0.630. The van der Waals surface area contributed by atoms with Crippen LogP contribution in [0.5, 0.6) is 0 Å². The van der Waals surface area contributed by atoms with Gasteiger partial charge in [-0.1, -0.05) is 0 Å². The Labute approximate surface area is 104 Å². The lowest BCUT2D eigenvalue weighted by atomic mass is 9.79. The smallest absolute Gasteiger partial charge is 0.111 e. The lowest BCUT2D eigenvalue weighted by molar-refractivity contribution is -0.0147. The molecule has 0 radical (unpaired) electrons. The molecule has 1 saturated carbocycles. The first-order valence-electron chi connectivity index (χ1n) is 6.58.